The fourth-order valence-corrected chi connectivity index (χ4v) is 1.95. The molecular formula is C14H19N3. The number of hydrogen-bond acceptors (Lipinski definition) is 3. The highest BCUT2D eigenvalue weighted by Crippen LogP contribution is 2.18. The predicted octanol–water partition coefficient (Wildman–Crippen LogP) is 2.73. The summed E-state index contributed by atoms with van der Waals surface area (Å²) < 4.78 is 0. The summed E-state index contributed by atoms with van der Waals surface area (Å²) in [7, 11) is 0. The second-order valence-electron chi connectivity index (χ2n) is 4.42. The van der Waals surface area contributed by atoms with Crippen LogP contribution in [0.3, 0.4) is 0 Å². The molecule has 3 nitrogen and oxygen atoms in total. The maximum absolute atomic E-state index is 4.68. The van der Waals surface area contributed by atoms with Gasteiger partial charge in [-0.25, -0.2) is 4.98 Å². The van der Waals surface area contributed by atoms with Crippen molar-refractivity contribution in [3.8, 4) is 0 Å². The molecule has 1 heterocycles. The van der Waals surface area contributed by atoms with Crippen LogP contribution >= 0.6 is 0 Å². The Bertz CT molecular complexity index is 496. The van der Waals surface area contributed by atoms with Gasteiger partial charge in [-0.05, 0) is 25.6 Å². The summed E-state index contributed by atoms with van der Waals surface area (Å²) >= 11 is 0. The first-order valence-electron chi connectivity index (χ1n) is 6.17. The third kappa shape index (κ3) is 2.61. The Morgan fingerprint density at radius 3 is 2.59 bits per heavy atom. The van der Waals surface area contributed by atoms with E-state index in [1.807, 2.05) is 30.5 Å². The van der Waals surface area contributed by atoms with Crippen LogP contribution in [0.25, 0.3) is 11.0 Å². The lowest BCUT2D eigenvalue weighted by molar-refractivity contribution is 0.487. The molecular weight excluding hydrogens is 210 g/mol. The molecule has 0 aliphatic heterocycles. The summed E-state index contributed by atoms with van der Waals surface area (Å²) in [5.74, 6) is 0.368. The van der Waals surface area contributed by atoms with Crippen molar-refractivity contribution in [2.24, 2.45) is 0 Å². The Balaban J connectivity index is 2.29. The molecule has 0 saturated heterocycles. The Morgan fingerprint density at radius 1 is 1.18 bits per heavy atom. The molecule has 1 aromatic heterocycles. The van der Waals surface area contributed by atoms with Gasteiger partial charge in [-0.1, -0.05) is 26.0 Å². The number of likely N-dealkylation sites (N-methyl/N-ethyl adjacent to an activating group) is 1. The van der Waals surface area contributed by atoms with Gasteiger partial charge in [0, 0.05) is 18.2 Å². The van der Waals surface area contributed by atoms with Crippen LogP contribution in [-0.2, 0) is 0 Å². The molecule has 0 fully saturated rings. The molecule has 0 aliphatic carbocycles. The average Bonchev–Trinajstić information content (AvgIpc) is 2.37. The first-order valence-corrected chi connectivity index (χ1v) is 6.17. The zero-order chi connectivity index (χ0) is 12.3. The van der Waals surface area contributed by atoms with E-state index in [9.17, 15) is 0 Å². The number of fused-ring (bicyclic) bond motifs is 1. The summed E-state index contributed by atoms with van der Waals surface area (Å²) in [5, 5.41) is 3.42. The van der Waals surface area contributed by atoms with Gasteiger partial charge in [0.2, 0.25) is 0 Å². The maximum atomic E-state index is 4.68. The molecule has 0 aliphatic rings. The largest absolute Gasteiger partial charge is 0.314 e. The van der Waals surface area contributed by atoms with Crippen LogP contribution in [0.1, 0.15) is 32.4 Å². The number of para-hydroxylation sites is 2. The van der Waals surface area contributed by atoms with E-state index < -0.39 is 0 Å². The minimum Gasteiger partial charge on any atom is -0.314 e. The molecule has 90 valence electrons. The lowest BCUT2D eigenvalue weighted by Crippen LogP contribution is -2.31. The molecule has 2 atom stereocenters. The summed E-state index contributed by atoms with van der Waals surface area (Å²) in [6.45, 7) is 7.47. The van der Waals surface area contributed by atoms with Gasteiger partial charge in [0.15, 0.2) is 0 Å². The maximum Gasteiger partial charge on any atom is 0.0890 e. The third-order valence-corrected chi connectivity index (χ3v) is 3.21. The first-order chi connectivity index (χ1) is 8.22. The summed E-state index contributed by atoms with van der Waals surface area (Å²) in [6, 6.07) is 8.40. The summed E-state index contributed by atoms with van der Waals surface area (Å²) in [5.41, 5.74) is 2.98. The van der Waals surface area contributed by atoms with Crippen LogP contribution < -0.4 is 5.32 Å². The van der Waals surface area contributed by atoms with Crippen molar-refractivity contribution in [3.63, 3.8) is 0 Å². The van der Waals surface area contributed by atoms with Gasteiger partial charge >= 0.3 is 0 Å². The van der Waals surface area contributed by atoms with E-state index in [0.29, 0.717) is 12.0 Å². The Morgan fingerprint density at radius 2 is 1.88 bits per heavy atom. The molecule has 0 bridgehead atoms. The Labute approximate surface area is 102 Å². The SMILES string of the molecule is CCNC(C)C(C)c1cnc2ccccc2n1. The average molecular weight is 229 g/mol. The van der Waals surface area contributed by atoms with Crippen molar-refractivity contribution in [1.29, 1.82) is 0 Å². The fraction of sp³-hybridized carbons (Fsp3) is 0.429. The summed E-state index contributed by atoms with van der Waals surface area (Å²) in [4.78, 5) is 9.13. The Hall–Kier alpha value is -1.48. The third-order valence-electron chi connectivity index (χ3n) is 3.21. The van der Waals surface area contributed by atoms with Gasteiger partial charge in [-0.15, -0.1) is 0 Å². The van der Waals surface area contributed by atoms with Crippen LogP contribution in [0.4, 0.5) is 0 Å². The lowest BCUT2D eigenvalue weighted by atomic mass is 10.00. The highest BCUT2D eigenvalue weighted by Gasteiger charge is 2.15. The second-order valence-corrected chi connectivity index (χ2v) is 4.42. The number of hydrogen-bond donors (Lipinski definition) is 1. The monoisotopic (exact) mass is 229 g/mol. The van der Waals surface area contributed by atoms with Crippen LogP contribution in [-0.4, -0.2) is 22.6 Å². The van der Waals surface area contributed by atoms with E-state index in [0.717, 1.165) is 23.3 Å². The topological polar surface area (TPSA) is 37.8 Å². The van der Waals surface area contributed by atoms with Gasteiger partial charge in [-0.2, -0.15) is 0 Å². The van der Waals surface area contributed by atoms with E-state index in [-0.39, 0.29) is 0 Å². The molecule has 1 N–H and O–H groups in total. The second kappa shape index (κ2) is 5.23. The zero-order valence-corrected chi connectivity index (χ0v) is 10.6. The van der Waals surface area contributed by atoms with Crippen molar-refractivity contribution in [3.05, 3.63) is 36.2 Å². The lowest BCUT2D eigenvalue weighted by Gasteiger charge is -2.20. The molecule has 0 radical (unpaired) electrons. The van der Waals surface area contributed by atoms with Gasteiger partial charge in [0.05, 0.1) is 16.7 Å². The molecule has 1 aromatic carbocycles. The van der Waals surface area contributed by atoms with Crippen LogP contribution in [0.5, 0.6) is 0 Å². The minimum atomic E-state index is 0.368. The normalized spacial score (nSPS) is 14.8. The fourth-order valence-electron chi connectivity index (χ4n) is 1.95. The quantitative estimate of drug-likeness (QED) is 0.876. The van der Waals surface area contributed by atoms with Crippen molar-refractivity contribution in [2.45, 2.75) is 32.7 Å². The summed E-state index contributed by atoms with van der Waals surface area (Å²) in [6.07, 6.45) is 1.89. The van der Waals surface area contributed by atoms with Gasteiger partial charge in [0.25, 0.3) is 0 Å². The van der Waals surface area contributed by atoms with Crippen molar-refractivity contribution in [1.82, 2.24) is 15.3 Å². The van der Waals surface area contributed by atoms with Crippen LogP contribution in [0, 0.1) is 0 Å². The standard InChI is InChI=1S/C14H19N3/c1-4-15-11(3)10(2)14-9-16-12-7-5-6-8-13(12)17-14/h5-11,15H,4H2,1-3H3. The number of aromatic nitrogens is 2. The first kappa shape index (κ1) is 12.0. The zero-order valence-electron chi connectivity index (χ0n) is 10.6. The molecule has 2 rings (SSSR count). The number of nitrogens with one attached hydrogen (secondary N) is 1. The van der Waals surface area contributed by atoms with E-state index >= 15 is 0 Å². The van der Waals surface area contributed by atoms with E-state index in [1.54, 1.807) is 0 Å². The van der Waals surface area contributed by atoms with Gasteiger partial charge < -0.3 is 5.32 Å². The molecule has 2 aromatic rings. The highest BCUT2D eigenvalue weighted by atomic mass is 14.9. The van der Waals surface area contributed by atoms with Crippen molar-refractivity contribution >= 4 is 11.0 Å². The van der Waals surface area contributed by atoms with Gasteiger partial charge in [0.1, 0.15) is 0 Å². The van der Waals surface area contributed by atoms with Crippen molar-refractivity contribution < 1.29 is 0 Å². The number of rotatable bonds is 4. The van der Waals surface area contributed by atoms with Crippen molar-refractivity contribution in [2.75, 3.05) is 6.54 Å². The molecule has 0 amide bonds. The number of benzene rings is 1. The Kier molecular flexibility index (Phi) is 3.69. The van der Waals surface area contributed by atoms with Crippen LogP contribution in [0.15, 0.2) is 30.5 Å². The van der Waals surface area contributed by atoms with E-state index in [4.69, 9.17) is 0 Å². The van der Waals surface area contributed by atoms with Crippen LogP contribution in [0.2, 0.25) is 0 Å². The smallest absolute Gasteiger partial charge is 0.0890 e. The molecule has 3 heteroatoms. The van der Waals surface area contributed by atoms with Gasteiger partial charge in [-0.3, -0.25) is 4.98 Å². The van der Waals surface area contributed by atoms with E-state index in [1.165, 1.54) is 0 Å². The minimum absolute atomic E-state index is 0.368. The molecule has 2 unspecified atom stereocenters. The molecule has 0 saturated carbocycles. The predicted molar refractivity (Wildman–Crippen MR) is 71.1 cm³/mol. The van der Waals surface area contributed by atoms with E-state index in [2.05, 4.69) is 36.1 Å². The molecule has 17 heavy (non-hydrogen) atoms. The molecule has 0 spiro atoms. The number of nitrogens with zero attached hydrogens (tertiary/aromatic N) is 2. The highest BCUT2D eigenvalue weighted by molar-refractivity contribution is 5.73.